The molecule has 2 aromatic heterocycles. The van der Waals surface area contributed by atoms with Crippen molar-refractivity contribution in [3.8, 4) is 0 Å². The van der Waals surface area contributed by atoms with Crippen LogP contribution in [0.15, 0.2) is 35.5 Å². The Labute approximate surface area is 107 Å². The molecule has 2 aromatic rings. The summed E-state index contributed by atoms with van der Waals surface area (Å²) in [5, 5.41) is 0. The van der Waals surface area contributed by atoms with E-state index in [1.54, 1.807) is 23.2 Å². The second kappa shape index (κ2) is 4.73. The molecule has 0 saturated carbocycles. The van der Waals surface area contributed by atoms with Crippen LogP contribution < -0.4 is 5.56 Å². The van der Waals surface area contributed by atoms with Crippen molar-refractivity contribution in [1.29, 1.82) is 0 Å². The van der Waals surface area contributed by atoms with Gasteiger partial charge in [-0.3, -0.25) is 14.3 Å². The zero-order valence-corrected chi connectivity index (χ0v) is 10.9. The number of hydrogen-bond acceptors (Lipinski definition) is 3. The van der Waals surface area contributed by atoms with Crippen LogP contribution in [0.5, 0.6) is 0 Å². The Balaban J connectivity index is 2.43. The monoisotopic (exact) mass is 327 g/mol. The van der Waals surface area contributed by atoms with Gasteiger partial charge in [0.05, 0.1) is 10.1 Å². The second-order valence-electron chi connectivity index (χ2n) is 3.40. The third kappa shape index (κ3) is 2.29. The molecule has 0 unspecified atom stereocenters. The van der Waals surface area contributed by atoms with Crippen LogP contribution >= 0.6 is 22.6 Å². The van der Waals surface area contributed by atoms with E-state index in [-0.39, 0.29) is 5.56 Å². The summed E-state index contributed by atoms with van der Waals surface area (Å²) < 4.78 is 2.30. The lowest BCUT2D eigenvalue weighted by atomic mass is 10.2. The van der Waals surface area contributed by atoms with Gasteiger partial charge in [0.1, 0.15) is 5.82 Å². The quantitative estimate of drug-likeness (QED) is 0.787. The van der Waals surface area contributed by atoms with Crippen molar-refractivity contribution < 1.29 is 0 Å². The Hall–Kier alpha value is -1.24. The molecule has 0 aliphatic heterocycles. The molecular formula is C11H10IN3O. The van der Waals surface area contributed by atoms with Crippen molar-refractivity contribution in [2.24, 2.45) is 0 Å². The molecule has 0 aliphatic rings. The molecule has 0 spiro atoms. The summed E-state index contributed by atoms with van der Waals surface area (Å²) in [6.45, 7) is 2.37. The van der Waals surface area contributed by atoms with Crippen LogP contribution in [0.4, 0.5) is 0 Å². The lowest BCUT2D eigenvalue weighted by Crippen LogP contribution is -2.26. The normalized spacial score (nSPS) is 10.4. The van der Waals surface area contributed by atoms with Gasteiger partial charge >= 0.3 is 0 Å². The molecule has 0 amide bonds. The van der Waals surface area contributed by atoms with Crippen molar-refractivity contribution in [2.45, 2.75) is 13.5 Å². The molecule has 2 rings (SSSR count). The fraction of sp³-hybridized carbons (Fsp3) is 0.182. The van der Waals surface area contributed by atoms with Crippen LogP contribution in [0.25, 0.3) is 0 Å². The number of halogens is 1. The van der Waals surface area contributed by atoms with E-state index in [1.807, 2.05) is 41.6 Å². The molecule has 16 heavy (non-hydrogen) atoms. The summed E-state index contributed by atoms with van der Waals surface area (Å²) in [5.41, 5.74) is 1.05. The molecule has 4 nitrogen and oxygen atoms in total. The lowest BCUT2D eigenvalue weighted by molar-refractivity contribution is 0.694. The Morgan fingerprint density at radius 1 is 1.38 bits per heavy atom. The van der Waals surface area contributed by atoms with Crippen LogP contribution in [0.1, 0.15) is 11.4 Å². The maximum absolute atomic E-state index is 11.9. The van der Waals surface area contributed by atoms with E-state index < -0.39 is 0 Å². The Morgan fingerprint density at radius 2 is 2.06 bits per heavy atom. The number of pyridine rings is 1. The molecule has 5 heteroatoms. The first-order chi connectivity index (χ1) is 7.68. The van der Waals surface area contributed by atoms with E-state index in [9.17, 15) is 4.79 Å². The van der Waals surface area contributed by atoms with E-state index in [0.29, 0.717) is 10.1 Å². The van der Waals surface area contributed by atoms with E-state index in [4.69, 9.17) is 0 Å². The highest BCUT2D eigenvalue weighted by atomic mass is 127. The first-order valence-electron chi connectivity index (χ1n) is 4.79. The lowest BCUT2D eigenvalue weighted by Gasteiger charge is -2.08. The van der Waals surface area contributed by atoms with Crippen LogP contribution in [-0.2, 0) is 6.54 Å². The molecule has 0 radical (unpaired) electrons. The van der Waals surface area contributed by atoms with Crippen LogP contribution in [-0.4, -0.2) is 14.5 Å². The number of hydrogen-bond donors (Lipinski definition) is 0. The van der Waals surface area contributed by atoms with Crippen LogP contribution in [0.2, 0.25) is 0 Å². The predicted molar refractivity (Wildman–Crippen MR) is 69.3 cm³/mol. The van der Waals surface area contributed by atoms with Gasteiger partial charge in [-0.05, 0) is 47.2 Å². The molecule has 0 fully saturated rings. The highest BCUT2D eigenvalue weighted by Gasteiger charge is 2.05. The van der Waals surface area contributed by atoms with Gasteiger partial charge in [0.15, 0.2) is 0 Å². The van der Waals surface area contributed by atoms with Crippen molar-refractivity contribution in [3.05, 3.63) is 56.0 Å². The number of nitrogens with zero attached hydrogens (tertiary/aromatic N) is 3. The number of aryl methyl sites for hydroxylation is 1. The van der Waals surface area contributed by atoms with Crippen molar-refractivity contribution in [2.75, 3.05) is 0 Å². The van der Waals surface area contributed by atoms with Crippen LogP contribution in [0.3, 0.4) is 0 Å². The third-order valence-electron chi connectivity index (χ3n) is 2.29. The molecule has 0 saturated heterocycles. The molecule has 2 heterocycles. The summed E-state index contributed by atoms with van der Waals surface area (Å²) in [5.74, 6) is 0.724. The predicted octanol–water partition coefficient (Wildman–Crippen LogP) is 1.60. The molecule has 0 bridgehead atoms. The molecule has 0 aromatic carbocycles. The molecule has 0 N–H and O–H groups in total. The topological polar surface area (TPSA) is 47.8 Å². The Morgan fingerprint density at radius 3 is 2.75 bits per heavy atom. The number of rotatable bonds is 2. The Kier molecular flexibility index (Phi) is 3.33. The summed E-state index contributed by atoms with van der Waals surface area (Å²) in [6, 6.07) is 3.79. The molecule has 82 valence electrons. The SMILES string of the molecule is Cc1ncc(I)c(=O)n1Cc1ccncc1. The van der Waals surface area contributed by atoms with Gasteiger partial charge in [0.2, 0.25) is 0 Å². The van der Waals surface area contributed by atoms with Gasteiger partial charge < -0.3 is 0 Å². The first-order valence-corrected chi connectivity index (χ1v) is 5.87. The van der Waals surface area contributed by atoms with Gasteiger partial charge in [-0.15, -0.1) is 0 Å². The van der Waals surface area contributed by atoms with E-state index in [1.165, 1.54) is 0 Å². The zero-order chi connectivity index (χ0) is 11.5. The molecule has 0 aliphatic carbocycles. The van der Waals surface area contributed by atoms with Crippen LogP contribution in [0, 0.1) is 10.5 Å². The number of aromatic nitrogens is 3. The van der Waals surface area contributed by atoms with Gasteiger partial charge in [-0.25, -0.2) is 4.98 Å². The minimum atomic E-state index is 0.00455. The second-order valence-corrected chi connectivity index (χ2v) is 4.56. The maximum atomic E-state index is 11.9. The molecule has 0 atom stereocenters. The summed E-state index contributed by atoms with van der Waals surface area (Å²) in [7, 11) is 0. The largest absolute Gasteiger partial charge is 0.292 e. The smallest absolute Gasteiger partial charge is 0.267 e. The van der Waals surface area contributed by atoms with E-state index in [2.05, 4.69) is 9.97 Å². The highest BCUT2D eigenvalue weighted by molar-refractivity contribution is 14.1. The van der Waals surface area contributed by atoms with Gasteiger partial charge in [-0.1, -0.05) is 0 Å². The minimum absolute atomic E-state index is 0.00455. The first kappa shape index (κ1) is 11.3. The maximum Gasteiger partial charge on any atom is 0.267 e. The zero-order valence-electron chi connectivity index (χ0n) is 8.72. The van der Waals surface area contributed by atoms with E-state index >= 15 is 0 Å². The average Bonchev–Trinajstić information content (AvgIpc) is 2.31. The van der Waals surface area contributed by atoms with Gasteiger partial charge in [0.25, 0.3) is 5.56 Å². The standard InChI is InChI=1S/C11H10IN3O/c1-8-14-6-10(12)11(16)15(8)7-9-2-4-13-5-3-9/h2-6H,7H2,1H3. The van der Waals surface area contributed by atoms with Crippen molar-refractivity contribution in [3.63, 3.8) is 0 Å². The fourth-order valence-corrected chi connectivity index (χ4v) is 1.84. The average molecular weight is 327 g/mol. The Bertz CT molecular complexity index is 551. The van der Waals surface area contributed by atoms with Crippen molar-refractivity contribution in [1.82, 2.24) is 14.5 Å². The minimum Gasteiger partial charge on any atom is -0.292 e. The third-order valence-corrected chi connectivity index (χ3v) is 3.03. The molecular weight excluding hydrogens is 317 g/mol. The summed E-state index contributed by atoms with van der Waals surface area (Å²) >= 11 is 2.00. The van der Waals surface area contributed by atoms with Gasteiger partial charge in [0, 0.05) is 18.6 Å². The van der Waals surface area contributed by atoms with E-state index in [0.717, 1.165) is 11.4 Å². The van der Waals surface area contributed by atoms with Gasteiger partial charge in [-0.2, -0.15) is 0 Å². The fourth-order valence-electron chi connectivity index (χ4n) is 1.41. The highest BCUT2D eigenvalue weighted by Crippen LogP contribution is 2.02. The van der Waals surface area contributed by atoms with Crippen molar-refractivity contribution >= 4 is 22.6 Å². The summed E-state index contributed by atoms with van der Waals surface area (Å²) in [4.78, 5) is 20.0. The summed E-state index contributed by atoms with van der Waals surface area (Å²) in [6.07, 6.45) is 5.04.